The smallest absolute Gasteiger partial charge is 0.242 e. The first-order valence-electron chi connectivity index (χ1n) is 10.1. The van der Waals surface area contributed by atoms with E-state index in [0.717, 1.165) is 12.1 Å². The number of carbonyl (C=O) groups is 2. The van der Waals surface area contributed by atoms with Crippen LogP contribution in [0.4, 0.5) is 0 Å². The fourth-order valence-electron chi connectivity index (χ4n) is 3.64. The predicted molar refractivity (Wildman–Crippen MR) is 132 cm³/mol. The summed E-state index contributed by atoms with van der Waals surface area (Å²) in [4.78, 5) is 25.0. The zero-order valence-electron chi connectivity index (χ0n) is 18.2. The van der Waals surface area contributed by atoms with Crippen molar-refractivity contribution in [1.82, 2.24) is 16.0 Å². The maximum Gasteiger partial charge on any atom is 0.242 e. The molecule has 0 radical (unpaired) electrons. The average Bonchev–Trinajstić information content (AvgIpc) is 3.22. The Morgan fingerprint density at radius 2 is 1.88 bits per heavy atom. The van der Waals surface area contributed by atoms with Crippen LogP contribution < -0.4 is 21.7 Å². The molecule has 1 aliphatic rings. The van der Waals surface area contributed by atoms with E-state index in [1.54, 1.807) is 19.1 Å². The number of halogens is 2. The highest BCUT2D eigenvalue weighted by Gasteiger charge is 2.31. The number of benzene rings is 2. The fourth-order valence-corrected chi connectivity index (χ4v) is 3.64. The third-order valence-corrected chi connectivity index (χ3v) is 5.44. The van der Waals surface area contributed by atoms with Gasteiger partial charge in [0.15, 0.2) is 0 Å². The molecule has 1 saturated heterocycles. The normalized spacial score (nSPS) is 17.9. The van der Waals surface area contributed by atoms with Gasteiger partial charge in [0, 0.05) is 18.7 Å². The Morgan fingerprint density at radius 3 is 2.50 bits per heavy atom. The van der Waals surface area contributed by atoms with E-state index in [-0.39, 0.29) is 48.5 Å². The average molecular weight is 480 g/mol. The molecule has 174 valence electrons. The van der Waals surface area contributed by atoms with E-state index in [0.29, 0.717) is 24.4 Å². The standard InChI is InChI=1S/C23H29N5O2.2ClH/c1-14-4-3-5-18(10-14)19-11-20(26-13-19)23(30)28-15(2)22(29)27-12-16-6-8-17(9-7-16)21(24)25;;/h3-10,15,19-20,26H,11-13H2,1-2H3,(H3,24,25)(H,27,29)(H,28,30);2*1H/t15-,19+,20+;;/m0../s1. The monoisotopic (exact) mass is 479 g/mol. The quantitative estimate of drug-likeness (QED) is 0.309. The van der Waals surface area contributed by atoms with Crippen molar-refractivity contribution in [2.75, 3.05) is 6.54 Å². The summed E-state index contributed by atoms with van der Waals surface area (Å²) >= 11 is 0. The topological polar surface area (TPSA) is 120 Å². The third kappa shape index (κ3) is 7.22. The lowest BCUT2D eigenvalue weighted by Crippen LogP contribution is -2.49. The minimum Gasteiger partial charge on any atom is -0.384 e. The van der Waals surface area contributed by atoms with E-state index < -0.39 is 6.04 Å². The number of nitrogens with two attached hydrogens (primary N) is 1. The summed E-state index contributed by atoms with van der Waals surface area (Å²) in [7, 11) is 0. The molecule has 32 heavy (non-hydrogen) atoms. The second-order valence-electron chi connectivity index (χ2n) is 7.87. The minimum atomic E-state index is -0.631. The minimum absolute atomic E-state index is 0. The summed E-state index contributed by atoms with van der Waals surface area (Å²) < 4.78 is 0. The number of rotatable bonds is 7. The lowest BCUT2D eigenvalue weighted by molar-refractivity contribution is -0.129. The number of aryl methyl sites for hydroxylation is 1. The Kier molecular flexibility index (Phi) is 10.7. The molecule has 1 heterocycles. The highest BCUT2D eigenvalue weighted by atomic mass is 35.5. The van der Waals surface area contributed by atoms with Crippen molar-refractivity contribution in [1.29, 1.82) is 5.41 Å². The number of amides is 2. The van der Waals surface area contributed by atoms with Crippen LogP contribution in [0.1, 0.15) is 41.5 Å². The van der Waals surface area contributed by atoms with Crippen LogP contribution in [0.25, 0.3) is 0 Å². The lowest BCUT2D eigenvalue weighted by atomic mass is 9.95. The molecule has 7 nitrogen and oxygen atoms in total. The molecule has 2 aromatic rings. The van der Waals surface area contributed by atoms with Crippen LogP contribution in [-0.4, -0.2) is 36.3 Å². The van der Waals surface area contributed by atoms with E-state index in [2.05, 4.69) is 41.1 Å². The lowest BCUT2D eigenvalue weighted by Gasteiger charge is -2.17. The molecule has 0 unspecified atom stereocenters. The molecule has 0 aliphatic carbocycles. The van der Waals surface area contributed by atoms with Crippen molar-refractivity contribution >= 4 is 42.5 Å². The first kappa shape index (κ1) is 27.4. The van der Waals surface area contributed by atoms with Crippen molar-refractivity contribution in [2.24, 2.45) is 5.73 Å². The van der Waals surface area contributed by atoms with Gasteiger partial charge in [0.1, 0.15) is 11.9 Å². The third-order valence-electron chi connectivity index (χ3n) is 5.44. The van der Waals surface area contributed by atoms with Gasteiger partial charge in [-0.1, -0.05) is 54.1 Å². The van der Waals surface area contributed by atoms with Crippen LogP contribution in [-0.2, 0) is 16.1 Å². The SMILES string of the molecule is Cc1cccc([C@H]2CN[C@@H](C(=O)N[C@@H](C)C(=O)NCc3ccc(C(=N)N)cc3)C2)c1.Cl.Cl. The van der Waals surface area contributed by atoms with Crippen LogP contribution in [0.2, 0.25) is 0 Å². The van der Waals surface area contributed by atoms with Gasteiger partial charge in [-0.2, -0.15) is 0 Å². The van der Waals surface area contributed by atoms with Crippen molar-refractivity contribution in [3.05, 3.63) is 70.8 Å². The molecule has 3 rings (SSSR count). The maximum atomic E-state index is 12.6. The Balaban J connectivity index is 0.00000256. The van der Waals surface area contributed by atoms with Crippen LogP contribution in [0.5, 0.6) is 0 Å². The van der Waals surface area contributed by atoms with Gasteiger partial charge in [-0.25, -0.2) is 0 Å². The van der Waals surface area contributed by atoms with Crippen molar-refractivity contribution in [2.45, 2.75) is 44.8 Å². The van der Waals surface area contributed by atoms with Gasteiger partial charge in [0.2, 0.25) is 11.8 Å². The number of nitrogen functional groups attached to an aromatic ring is 1. The Hall–Kier alpha value is -2.61. The van der Waals surface area contributed by atoms with Crippen LogP contribution in [0.15, 0.2) is 48.5 Å². The number of hydrogen-bond donors (Lipinski definition) is 5. The number of nitrogens with one attached hydrogen (secondary N) is 4. The molecule has 0 saturated carbocycles. The van der Waals surface area contributed by atoms with Gasteiger partial charge in [0.05, 0.1) is 6.04 Å². The van der Waals surface area contributed by atoms with Crippen molar-refractivity contribution < 1.29 is 9.59 Å². The fraction of sp³-hybridized carbons (Fsp3) is 0.348. The van der Waals surface area contributed by atoms with Crippen molar-refractivity contribution in [3.8, 4) is 0 Å². The van der Waals surface area contributed by atoms with Gasteiger partial charge >= 0.3 is 0 Å². The van der Waals surface area contributed by atoms with Gasteiger partial charge in [-0.15, -0.1) is 24.8 Å². The zero-order valence-corrected chi connectivity index (χ0v) is 19.8. The molecule has 3 atom stereocenters. The Bertz CT molecular complexity index is 936. The van der Waals surface area contributed by atoms with Gasteiger partial charge in [-0.3, -0.25) is 15.0 Å². The predicted octanol–water partition coefficient (Wildman–Crippen LogP) is 2.39. The second-order valence-corrected chi connectivity index (χ2v) is 7.87. The molecule has 1 fully saturated rings. The molecule has 0 aromatic heterocycles. The largest absolute Gasteiger partial charge is 0.384 e. The Morgan fingerprint density at radius 1 is 1.19 bits per heavy atom. The number of carbonyl (C=O) groups excluding carboxylic acids is 2. The number of hydrogen-bond acceptors (Lipinski definition) is 4. The second kappa shape index (κ2) is 12.4. The summed E-state index contributed by atoms with van der Waals surface area (Å²) in [5, 5.41) is 16.3. The summed E-state index contributed by atoms with van der Waals surface area (Å²) in [6, 6.07) is 14.5. The first-order valence-corrected chi connectivity index (χ1v) is 10.1. The maximum absolute atomic E-state index is 12.6. The van der Waals surface area contributed by atoms with Crippen LogP contribution >= 0.6 is 24.8 Å². The van der Waals surface area contributed by atoms with Crippen LogP contribution in [0.3, 0.4) is 0 Å². The van der Waals surface area contributed by atoms with Crippen LogP contribution in [0, 0.1) is 12.3 Å². The van der Waals surface area contributed by atoms with E-state index >= 15 is 0 Å². The zero-order chi connectivity index (χ0) is 21.7. The molecule has 2 amide bonds. The summed E-state index contributed by atoms with van der Waals surface area (Å²) in [6.45, 7) is 4.83. The molecule has 2 aromatic carbocycles. The van der Waals surface area contributed by atoms with Gasteiger partial charge < -0.3 is 21.7 Å². The molecule has 9 heteroatoms. The first-order chi connectivity index (χ1) is 14.3. The van der Waals surface area contributed by atoms with E-state index in [9.17, 15) is 9.59 Å². The van der Waals surface area contributed by atoms with Gasteiger partial charge in [0.25, 0.3) is 0 Å². The van der Waals surface area contributed by atoms with E-state index in [1.165, 1.54) is 11.1 Å². The highest BCUT2D eigenvalue weighted by Crippen LogP contribution is 2.26. The van der Waals surface area contributed by atoms with Crippen molar-refractivity contribution in [3.63, 3.8) is 0 Å². The summed E-state index contributed by atoms with van der Waals surface area (Å²) in [6.07, 6.45) is 0.714. The number of amidine groups is 1. The molecular weight excluding hydrogens is 449 g/mol. The highest BCUT2D eigenvalue weighted by molar-refractivity contribution is 5.95. The summed E-state index contributed by atoms with van der Waals surface area (Å²) in [5.41, 5.74) is 9.42. The van der Waals surface area contributed by atoms with E-state index in [1.807, 2.05) is 18.2 Å². The summed E-state index contributed by atoms with van der Waals surface area (Å²) in [5.74, 6) is -0.0966. The molecule has 6 N–H and O–H groups in total. The molecule has 1 aliphatic heterocycles. The molecule has 0 spiro atoms. The molecular formula is C23H31Cl2N5O2. The Labute approximate surface area is 201 Å². The van der Waals surface area contributed by atoms with E-state index in [4.69, 9.17) is 11.1 Å². The van der Waals surface area contributed by atoms with Gasteiger partial charge in [-0.05, 0) is 37.3 Å². The molecule has 0 bridgehead atoms.